The molecule has 0 atom stereocenters. The van der Waals surface area contributed by atoms with Crippen LogP contribution in [0.3, 0.4) is 0 Å². The lowest BCUT2D eigenvalue weighted by Gasteiger charge is -2.09. The molecule has 0 saturated heterocycles. The van der Waals surface area contributed by atoms with E-state index in [-0.39, 0.29) is 34.1 Å². The number of nitro benzene ring substituents is 1. The molecule has 160 valence electrons. The molecule has 0 aliphatic rings. The lowest BCUT2D eigenvalue weighted by molar-refractivity contribution is -0.384. The van der Waals surface area contributed by atoms with Crippen LogP contribution in [0.5, 0.6) is 0 Å². The Labute approximate surface area is 181 Å². The second-order valence-corrected chi connectivity index (χ2v) is 7.63. The van der Waals surface area contributed by atoms with Gasteiger partial charge in [-0.15, -0.1) is 10.2 Å². The summed E-state index contributed by atoms with van der Waals surface area (Å²) in [5, 5.41) is 24.6. The van der Waals surface area contributed by atoms with Crippen LogP contribution in [0.4, 0.5) is 17.1 Å². The number of carbonyl (C=O) groups excluding carboxylic acids is 2. The van der Waals surface area contributed by atoms with Crippen LogP contribution in [0.2, 0.25) is 0 Å². The van der Waals surface area contributed by atoms with Gasteiger partial charge in [0.15, 0.2) is 0 Å². The standard InChI is InChI=1S/C20H19N5O5S/c1-11-8-12(2)18(16(9-11)25(28)29)22-17(27)10-31-20-24-23-19(30-20)14-4-6-15(7-5-14)21-13(3)26/h4-9H,10H2,1-3H3,(H,21,26)(H,22,27). The van der Waals surface area contributed by atoms with E-state index in [9.17, 15) is 19.7 Å². The fourth-order valence-electron chi connectivity index (χ4n) is 2.84. The van der Waals surface area contributed by atoms with E-state index in [0.717, 1.165) is 17.3 Å². The molecule has 10 nitrogen and oxygen atoms in total. The van der Waals surface area contributed by atoms with Gasteiger partial charge >= 0.3 is 0 Å². The summed E-state index contributed by atoms with van der Waals surface area (Å²) < 4.78 is 5.56. The average Bonchev–Trinajstić information content (AvgIpc) is 3.17. The molecule has 0 unspecified atom stereocenters. The number of nitro groups is 1. The number of carbonyl (C=O) groups is 2. The molecule has 0 spiro atoms. The van der Waals surface area contributed by atoms with Crippen LogP contribution in [0.15, 0.2) is 46.0 Å². The number of anilines is 2. The quantitative estimate of drug-likeness (QED) is 0.319. The van der Waals surface area contributed by atoms with E-state index in [2.05, 4.69) is 20.8 Å². The van der Waals surface area contributed by atoms with Crippen LogP contribution in [-0.4, -0.2) is 32.7 Å². The molecule has 1 heterocycles. The number of amides is 2. The molecule has 3 rings (SSSR count). The van der Waals surface area contributed by atoms with Crippen molar-refractivity contribution in [2.24, 2.45) is 0 Å². The molecular formula is C20H19N5O5S. The molecule has 31 heavy (non-hydrogen) atoms. The van der Waals surface area contributed by atoms with E-state index < -0.39 is 10.8 Å². The van der Waals surface area contributed by atoms with Gasteiger partial charge in [-0.3, -0.25) is 19.7 Å². The van der Waals surface area contributed by atoms with Gasteiger partial charge in [0.05, 0.1) is 10.7 Å². The van der Waals surface area contributed by atoms with Crippen molar-refractivity contribution in [2.45, 2.75) is 26.0 Å². The number of nitrogens with zero attached hydrogens (tertiary/aromatic N) is 3. The third-order valence-electron chi connectivity index (χ3n) is 4.11. The molecule has 0 bridgehead atoms. The van der Waals surface area contributed by atoms with E-state index >= 15 is 0 Å². The minimum absolute atomic E-state index is 0.0619. The first-order valence-electron chi connectivity index (χ1n) is 9.12. The summed E-state index contributed by atoms with van der Waals surface area (Å²) in [6.45, 7) is 4.87. The Balaban J connectivity index is 1.63. The molecular weight excluding hydrogens is 422 g/mol. The van der Waals surface area contributed by atoms with Crippen molar-refractivity contribution in [1.29, 1.82) is 0 Å². The number of nitrogens with one attached hydrogen (secondary N) is 2. The highest BCUT2D eigenvalue weighted by molar-refractivity contribution is 7.99. The fraction of sp³-hybridized carbons (Fsp3) is 0.200. The van der Waals surface area contributed by atoms with E-state index in [1.807, 2.05) is 0 Å². The molecule has 3 aromatic rings. The number of aromatic nitrogens is 2. The van der Waals surface area contributed by atoms with Crippen LogP contribution in [-0.2, 0) is 9.59 Å². The monoisotopic (exact) mass is 441 g/mol. The van der Waals surface area contributed by atoms with Gasteiger partial charge in [-0.25, -0.2) is 0 Å². The van der Waals surface area contributed by atoms with E-state index in [1.165, 1.54) is 13.0 Å². The number of rotatable bonds is 7. The minimum atomic E-state index is -0.524. The third-order valence-corrected chi connectivity index (χ3v) is 4.92. The molecule has 0 aliphatic carbocycles. The van der Waals surface area contributed by atoms with Crippen LogP contribution in [0.25, 0.3) is 11.5 Å². The van der Waals surface area contributed by atoms with Crippen molar-refractivity contribution in [2.75, 3.05) is 16.4 Å². The molecule has 0 radical (unpaired) electrons. The second-order valence-electron chi connectivity index (χ2n) is 6.70. The maximum absolute atomic E-state index is 12.3. The first kappa shape index (κ1) is 22.0. The smallest absolute Gasteiger partial charge is 0.293 e. The van der Waals surface area contributed by atoms with Gasteiger partial charge in [0.2, 0.25) is 17.7 Å². The van der Waals surface area contributed by atoms with Gasteiger partial charge in [0, 0.05) is 24.2 Å². The lowest BCUT2D eigenvalue weighted by Crippen LogP contribution is -2.16. The summed E-state index contributed by atoms with van der Waals surface area (Å²) in [6, 6.07) is 10.0. The van der Waals surface area contributed by atoms with Gasteiger partial charge in [0.25, 0.3) is 10.9 Å². The number of hydrogen-bond donors (Lipinski definition) is 2. The highest BCUT2D eigenvalue weighted by Gasteiger charge is 2.20. The summed E-state index contributed by atoms with van der Waals surface area (Å²) in [6.07, 6.45) is 0. The molecule has 0 saturated carbocycles. The van der Waals surface area contributed by atoms with Gasteiger partial charge < -0.3 is 15.1 Å². The summed E-state index contributed by atoms with van der Waals surface area (Å²) in [5.74, 6) is -0.399. The van der Waals surface area contributed by atoms with Crippen molar-refractivity contribution >= 4 is 40.6 Å². The van der Waals surface area contributed by atoms with Crippen LogP contribution in [0.1, 0.15) is 18.1 Å². The zero-order chi connectivity index (χ0) is 22.5. The molecule has 2 amide bonds. The van der Waals surface area contributed by atoms with Crippen LogP contribution < -0.4 is 10.6 Å². The van der Waals surface area contributed by atoms with Gasteiger partial charge in [-0.05, 0) is 49.2 Å². The zero-order valence-corrected chi connectivity index (χ0v) is 17.8. The zero-order valence-electron chi connectivity index (χ0n) is 17.0. The minimum Gasteiger partial charge on any atom is -0.411 e. The normalized spacial score (nSPS) is 10.5. The Morgan fingerprint density at radius 1 is 1.13 bits per heavy atom. The molecule has 11 heteroatoms. The molecule has 2 N–H and O–H groups in total. The molecule has 0 aliphatic heterocycles. The highest BCUT2D eigenvalue weighted by atomic mass is 32.2. The molecule has 1 aromatic heterocycles. The Hall–Kier alpha value is -3.73. The lowest BCUT2D eigenvalue weighted by atomic mass is 10.1. The predicted octanol–water partition coefficient (Wildman–Crippen LogP) is 3.95. The largest absolute Gasteiger partial charge is 0.411 e. The Morgan fingerprint density at radius 3 is 2.48 bits per heavy atom. The Kier molecular flexibility index (Phi) is 6.65. The van der Waals surface area contributed by atoms with Gasteiger partial charge in [-0.2, -0.15) is 0 Å². The van der Waals surface area contributed by atoms with Crippen molar-refractivity contribution in [3.05, 3.63) is 57.6 Å². The molecule has 2 aromatic carbocycles. The average molecular weight is 441 g/mol. The van der Waals surface area contributed by atoms with Gasteiger partial charge in [-0.1, -0.05) is 17.8 Å². The van der Waals surface area contributed by atoms with E-state index in [1.54, 1.807) is 44.2 Å². The SMILES string of the molecule is CC(=O)Nc1ccc(-c2nnc(SCC(=O)Nc3c(C)cc(C)cc3[N+](=O)[O-])o2)cc1. The maximum Gasteiger partial charge on any atom is 0.293 e. The topological polar surface area (TPSA) is 140 Å². The Morgan fingerprint density at radius 2 is 1.84 bits per heavy atom. The van der Waals surface area contributed by atoms with Crippen molar-refractivity contribution in [1.82, 2.24) is 10.2 Å². The first-order chi connectivity index (χ1) is 14.7. The maximum atomic E-state index is 12.3. The Bertz CT molecular complexity index is 1140. The highest BCUT2D eigenvalue weighted by Crippen LogP contribution is 2.30. The number of thioether (sulfide) groups is 1. The van der Waals surface area contributed by atoms with Crippen molar-refractivity contribution < 1.29 is 18.9 Å². The molecule has 0 fully saturated rings. The van der Waals surface area contributed by atoms with Gasteiger partial charge in [0.1, 0.15) is 5.69 Å². The summed E-state index contributed by atoms with van der Waals surface area (Å²) in [5.41, 5.74) is 2.66. The van der Waals surface area contributed by atoms with Crippen molar-refractivity contribution in [3.63, 3.8) is 0 Å². The summed E-state index contributed by atoms with van der Waals surface area (Å²) >= 11 is 1.02. The summed E-state index contributed by atoms with van der Waals surface area (Å²) in [7, 11) is 0. The number of benzene rings is 2. The predicted molar refractivity (Wildman–Crippen MR) is 116 cm³/mol. The fourth-order valence-corrected chi connectivity index (χ4v) is 3.40. The number of hydrogen-bond acceptors (Lipinski definition) is 8. The van der Waals surface area contributed by atoms with Crippen LogP contribution in [0, 0.1) is 24.0 Å². The van der Waals surface area contributed by atoms with Crippen LogP contribution >= 0.6 is 11.8 Å². The van der Waals surface area contributed by atoms with Crippen molar-refractivity contribution in [3.8, 4) is 11.5 Å². The van der Waals surface area contributed by atoms with E-state index in [0.29, 0.717) is 16.8 Å². The van der Waals surface area contributed by atoms with E-state index in [4.69, 9.17) is 4.42 Å². The number of aryl methyl sites for hydroxylation is 2. The second kappa shape index (κ2) is 9.39. The summed E-state index contributed by atoms with van der Waals surface area (Å²) in [4.78, 5) is 34.2. The third kappa shape index (κ3) is 5.66. The first-order valence-corrected chi connectivity index (χ1v) is 10.1.